The van der Waals surface area contributed by atoms with Crippen molar-refractivity contribution in [2.45, 2.75) is 27.2 Å². The molecule has 0 aliphatic carbocycles. The lowest BCUT2D eigenvalue weighted by molar-refractivity contribution is 0.858. The molecule has 2 aromatic carbocycles. The van der Waals surface area contributed by atoms with E-state index in [2.05, 4.69) is 67.4 Å². The first-order valence-electron chi connectivity index (χ1n) is 7.35. The van der Waals surface area contributed by atoms with Gasteiger partial charge in [-0.1, -0.05) is 29.8 Å². The molecular weight excluding hydrogens is 244 g/mol. The first-order valence-corrected chi connectivity index (χ1v) is 7.35. The lowest BCUT2D eigenvalue weighted by Crippen LogP contribution is -2.19. The number of benzene rings is 2. The minimum absolute atomic E-state index is 1.04. The molecule has 0 saturated carbocycles. The Morgan fingerprint density at radius 3 is 2.45 bits per heavy atom. The molecule has 2 nitrogen and oxygen atoms in total. The van der Waals surface area contributed by atoms with E-state index in [1.165, 1.54) is 33.8 Å². The average molecular weight is 266 g/mol. The van der Waals surface area contributed by atoms with Crippen molar-refractivity contribution in [3.8, 4) is 0 Å². The van der Waals surface area contributed by atoms with Gasteiger partial charge in [0.2, 0.25) is 0 Å². The predicted molar refractivity (Wildman–Crippen MR) is 87.2 cm³/mol. The normalized spacial score (nSPS) is 14.4. The van der Waals surface area contributed by atoms with Gasteiger partial charge in [0, 0.05) is 18.8 Å². The number of fused-ring (bicyclic) bond motifs is 1. The van der Waals surface area contributed by atoms with Gasteiger partial charge in [-0.15, -0.1) is 0 Å². The van der Waals surface area contributed by atoms with Crippen molar-refractivity contribution in [1.29, 1.82) is 0 Å². The zero-order valence-corrected chi connectivity index (χ0v) is 12.5. The zero-order chi connectivity index (χ0) is 14.1. The van der Waals surface area contributed by atoms with Crippen molar-refractivity contribution in [2.75, 3.05) is 23.3 Å². The highest BCUT2D eigenvalue weighted by Crippen LogP contribution is 2.37. The van der Waals surface area contributed by atoms with Crippen LogP contribution in [0.3, 0.4) is 0 Å². The summed E-state index contributed by atoms with van der Waals surface area (Å²) in [6.07, 6.45) is 1.15. The Balaban J connectivity index is 2.15. The van der Waals surface area contributed by atoms with Crippen LogP contribution >= 0.6 is 0 Å². The van der Waals surface area contributed by atoms with E-state index in [-0.39, 0.29) is 0 Å². The highest BCUT2D eigenvalue weighted by Gasteiger charge is 2.19. The molecule has 2 aromatic rings. The van der Waals surface area contributed by atoms with Crippen LogP contribution in [0.4, 0.5) is 17.1 Å². The maximum atomic E-state index is 3.53. The van der Waals surface area contributed by atoms with Gasteiger partial charge < -0.3 is 10.2 Å². The van der Waals surface area contributed by atoms with Gasteiger partial charge in [0.15, 0.2) is 0 Å². The SMILES string of the molecule is Cc1cc(C)c(N2CCCNc3ccccc32)c(C)c1. The lowest BCUT2D eigenvalue weighted by atomic mass is 10.0. The smallest absolute Gasteiger partial charge is 0.0646 e. The Bertz CT molecular complexity index is 608. The Labute approximate surface area is 121 Å². The monoisotopic (exact) mass is 266 g/mol. The molecule has 0 bridgehead atoms. The van der Waals surface area contributed by atoms with Crippen LogP contribution in [0.15, 0.2) is 36.4 Å². The molecule has 1 heterocycles. The average Bonchev–Trinajstić information content (AvgIpc) is 2.61. The number of para-hydroxylation sites is 2. The van der Waals surface area contributed by atoms with Gasteiger partial charge in [0.1, 0.15) is 0 Å². The molecule has 0 spiro atoms. The summed E-state index contributed by atoms with van der Waals surface area (Å²) in [6.45, 7) is 8.71. The van der Waals surface area contributed by atoms with Crippen molar-refractivity contribution in [1.82, 2.24) is 0 Å². The molecule has 0 fully saturated rings. The first kappa shape index (κ1) is 13.0. The highest BCUT2D eigenvalue weighted by molar-refractivity contribution is 5.79. The Morgan fingerprint density at radius 1 is 1.00 bits per heavy atom. The molecule has 20 heavy (non-hydrogen) atoms. The largest absolute Gasteiger partial charge is 0.383 e. The standard InChI is InChI=1S/C18H22N2/c1-13-11-14(2)18(15(3)12-13)20-10-6-9-19-16-7-4-5-8-17(16)20/h4-5,7-8,11-12,19H,6,9-10H2,1-3H3. The summed E-state index contributed by atoms with van der Waals surface area (Å²) in [5.41, 5.74) is 7.96. The minimum Gasteiger partial charge on any atom is -0.383 e. The molecule has 2 heteroatoms. The van der Waals surface area contributed by atoms with E-state index in [4.69, 9.17) is 0 Å². The summed E-state index contributed by atoms with van der Waals surface area (Å²) in [5.74, 6) is 0. The van der Waals surface area contributed by atoms with Gasteiger partial charge in [0.25, 0.3) is 0 Å². The van der Waals surface area contributed by atoms with Crippen molar-refractivity contribution in [2.24, 2.45) is 0 Å². The number of hydrogen-bond acceptors (Lipinski definition) is 2. The first-order chi connectivity index (χ1) is 9.66. The van der Waals surface area contributed by atoms with Crippen LogP contribution in [-0.4, -0.2) is 13.1 Å². The number of nitrogens with one attached hydrogen (secondary N) is 1. The fraction of sp³-hybridized carbons (Fsp3) is 0.333. The van der Waals surface area contributed by atoms with Crippen molar-refractivity contribution >= 4 is 17.1 Å². The summed E-state index contributed by atoms with van der Waals surface area (Å²) in [6, 6.07) is 13.2. The molecule has 1 aliphatic heterocycles. The molecular formula is C18H22N2. The molecule has 0 amide bonds. The molecule has 0 aromatic heterocycles. The van der Waals surface area contributed by atoms with Crippen molar-refractivity contribution in [3.63, 3.8) is 0 Å². The molecule has 0 saturated heterocycles. The van der Waals surface area contributed by atoms with Gasteiger partial charge in [-0.05, 0) is 50.5 Å². The second-order valence-electron chi connectivity index (χ2n) is 5.70. The molecule has 0 radical (unpaired) electrons. The number of hydrogen-bond donors (Lipinski definition) is 1. The maximum Gasteiger partial charge on any atom is 0.0646 e. The Hall–Kier alpha value is -1.96. The van der Waals surface area contributed by atoms with E-state index < -0.39 is 0 Å². The van der Waals surface area contributed by atoms with Crippen LogP contribution in [-0.2, 0) is 0 Å². The van der Waals surface area contributed by atoms with E-state index in [1.807, 2.05) is 0 Å². The fourth-order valence-corrected chi connectivity index (χ4v) is 3.27. The maximum absolute atomic E-state index is 3.53. The van der Waals surface area contributed by atoms with Crippen LogP contribution in [0, 0.1) is 20.8 Å². The van der Waals surface area contributed by atoms with E-state index in [0.717, 1.165) is 19.5 Å². The number of anilines is 3. The highest BCUT2D eigenvalue weighted by atomic mass is 15.2. The number of nitrogens with zero attached hydrogens (tertiary/aromatic N) is 1. The summed E-state index contributed by atoms with van der Waals surface area (Å²) in [4.78, 5) is 2.47. The van der Waals surface area contributed by atoms with E-state index in [1.54, 1.807) is 0 Å². The predicted octanol–water partition coefficient (Wildman–Crippen LogP) is 4.57. The topological polar surface area (TPSA) is 15.3 Å². The minimum atomic E-state index is 1.04. The molecule has 1 aliphatic rings. The van der Waals surface area contributed by atoms with Crippen LogP contribution in [0.5, 0.6) is 0 Å². The number of rotatable bonds is 1. The molecule has 0 unspecified atom stereocenters. The van der Waals surface area contributed by atoms with Gasteiger partial charge in [0.05, 0.1) is 11.4 Å². The summed E-state index contributed by atoms with van der Waals surface area (Å²) >= 11 is 0. The second-order valence-corrected chi connectivity index (χ2v) is 5.70. The third kappa shape index (κ3) is 2.26. The van der Waals surface area contributed by atoms with Gasteiger partial charge in [-0.2, -0.15) is 0 Å². The van der Waals surface area contributed by atoms with Crippen molar-refractivity contribution in [3.05, 3.63) is 53.1 Å². The Morgan fingerprint density at radius 2 is 1.70 bits per heavy atom. The van der Waals surface area contributed by atoms with E-state index >= 15 is 0 Å². The van der Waals surface area contributed by atoms with Gasteiger partial charge in [-0.25, -0.2) is 0 Å². The third-order valence-corrected chi connectivity index (χ3v) is 3.97. The summed E-state index contributed by atoms with van der Waals surface area (Å²) < 4.78 is 0. The van der Waals surface area contributed by atoms with Gasteiger partial charge >= 0.3 is 0 Å². The summed E-state index contributed by atoms with van der Waals surface area (Å²) in [7, 11) is 0. The lowest BCUT2D eigenvalue weighted by Gasteiger charge is -2.28. The van der Waals surface area contributed by atoms with E-state index in [9.17, 15) is 0 Å². The summed E-state index contributed by atoms with van der Waals surface area (Å²) in [5, 5.41) is 3.53. The van der Waals surface area contributed by atoms with Crippen molar-refractivity contribution < 1.29 is 0 Å². The number of aryl methyl sites for hydroxylation is 3. The van der Waals surface area contributed by atoms with Crippen LogP contribution < -0.4 is 10.2 Å². The Kier molecular flexibility index (Phi) is 3.39. The van der Waals surface area contributed by atoms with Crippen LogP contribution in [0.2, 0.25) is 0 Å². The zero-order valence-electron chi connectivity index (χ0n) is 12.5. The quantitative estimate of drug-likeness (QED) is 0.813. The molecule has 3 rings (SSSR count). The fourth-order valence-electron chi connectivity index (χ4n) is 3.27. The van der Waals surface area contributed by atoms with Crippen LogP contribution in [0.1, 0.15) is 23.1 Å². The van der Waals surface area contributed by atoms with E-state index in [0.29, 0.717) is 0 Å². The third-order valence-electron chi connectivity index (χ3n) is 3.97. The molecule has 1 N–H and O–H groups in total. The van der Waals surface area contributed by atoms with Crippen LogP contribution in [0.25, 0.3) is 0 Å². The second kappa shape index (κ2) is 5.20. The molecule has 104 valence electrons. The van der Waals surface area contributed by atoms with Gasteiger partial charge in [-0.3, -0.25) is 0 Å². The molecule has 0 atom stereocenters.